The van der Waals surface area contributed by atoms with Crippen LogP contribution in [0.5, 0.6) is 11.5 Å². The van der Waals surface area contributed by atoms with Crippen LogP contribution in [-0.2, 0) is 9.53 Å². The highest BCUT2D eigenvalue weighted by atomic mass is 32.1. The highest BCUT2D eigenvalue weighted by Crippen LogP contribution is 2.28. The zero-order chi connectivity index (χ0) is 18.8. The lowest BCUT2D eigenvalue weighted by molar-refractivity contribution is -0.134. The maximum atomic E-state index is 12.1. The van der Waals surface area contributed by atoms with Gasteiger partial charge in [-0.15, -0.1) is 0 Å². The third kappa shape index (κ3) is 6.26. The van der Waals surface area contributed by atoms with Crippen molar-refractivity contribution in [3.8, 4) is 11.5 Å². The standard InChI is InChI=1S/C15H21N5O4S/c1-5-24-14(21)13(9(2)17-20-15(16)25)19-18-11-8-10(22-3)6-7-12(11)23-4/h6-8,18H,5H2,1-4H3,(H3,16,20,25). The summed E-state index contributed by atoms with van der Waals surface area (Å²) in [4.78, 5) is 12.1. The van der Waals surface area contributed by atoms with Crippen LogP contribution >= 0.6 is 12.2 Å². The molecule has 0 atom stereocenters. The summed E-state index contributed by atoms with van der Waals surface area (Å²) in [5, 5.41) is 7.93. The van der Waals surface area contributed by atoms with Crippen molar-refractivity contribution in [3.05, 3.63) is 18.2 Å². The number of anilines is 1. The third-order valence-electron chi connectivity index (χ3n) is 2.84. The first-order valence-electron chi connectivity index (χ1n) is 7.25. The van der Waals surface area contributed by atoms with E-state index >= 15 is 0 Å². The van der Waals surface area contributed by atoms with Crippen LogP contribution < -0.4 is 26.1 Å². The first-order chi connectivity index (χ1) is 11.9. The van der Waals surface area contributed by atoms with Crippen LogP contribution in [0, 0.1) is 0 Å². The van der Waals surface area contributed by atoms with E-state index in [-0.39, 0.29) is 23.1 Å². The molecule has 0 aliphatic rings. The number of carbonyl (C=O) groups is 1. The Balaban J connectivity index is 3.16. The maximum absolute atomic E-state index is 12.1. The van der Waals surface area contributed by atoms with Crippen LogP contribution in [0.3, 0.4) is 0 Å². The number of nitrogens with one attached hydrogen (secondary N) is 2. The Morgan fingerprint density at radius 1 is 1.28 bits per heavy atom. The molecular formula is C15H21N5O4S. The van der Waals surface area contributed by atoms with Gasteiger partial charge in [-0.3, -0.25) is 10.9 Å². The topological polar surface area (TPSA) is 120 Å². The molecule has 1 aromatic rings. The van der Waals surface area contributed by atoms with Gasteiger partial charge in [-0.2, -0.15) is 10.2 Å². The number of nitrogens with two attached hydrogens (primary N) is 1. The smallest absolute Gasteiger partial charge is 0.360 e. The first kappa shape index (κ1) is 20.2. The van der Waals surface area contributed by atoms with E-state index in [1.807, 2.05) is 0 Å². The molecule has 0 fully saturated rings. The molecule has 0 aliphatic heterocycles. The number of rotatable bonds is 8. The summed E-state index contributed by atoms with van der Waals surface area (Å²) in [5.41, 5.74) is 11.2. The monoisotopic (exact) mass is 367 g/mol. The lowest BCUT2D eigenvalue weighted by Crippen LogP contribution is -2.30. The number of hydrogen-bond acceptors (Lipinski definition) is 8. The number of thiocarbonyl (C=S) groups is 1. The van der Waals surface area contributed by atoms with Crippen LogP contribution in [-0.4, -0.2) is 43.3 Å². The summed E-state index contributed by atoms with van der Waals surface area (Å²) in [6.07, 6.45) is 0. The minimum absolute atomic E-state index is 0.0371. The summed E-state index contributed by atoms with van der Waals surface area (Å²) in [7, 11) is 3.05. The average Bonchev–Trinajstić information content (AvgIpc) is 2.60. The molecular weight excluding hydrogens is 346 g/mol. The molecule has 0 aliphatic carbocycles. The van der Waals surface area contributed by atoms with Gasteiger partial charge in [0.1, 0.15) is 17.2 Å². The van der Waals surface area contributed by atoms with E-state index in [1.165, 1.54) is 14.2 Å². The lowest BCUT2D eigenvalue weighted by Gasteiger charge is -2.11. The SMILES string of the molecule is CCOC(=O)C(=NNc1cc(OC)ccc1OC)C(C)=NNC(N)=S. The molecule has 0 amide bonds. The summed E-state index contributed by atoms with van der Waals surface area (Å²) in [5.74, 6) is 0.461. The van der Waals surface area contributed by atoms with Gasteiger partial charge in [0.2, 0.25) is 0 Å². The van der Waals surface area contributed by atoms with E-state index in [1.54, 1.807) is 32.0 Å². The molecule has 0 unspecified atom stereocenters. The van der Waals surface area contributed by atoms with E-state index in [4.69, 9.17) is 19.9 Å². The predicted molar refractivity (Wildman–Crippen MR) is 100 cm³/mol. The van der Waals surface area contributed by atoms with E-state index in [2.05, 4.69) is 33.3 Å². The quantitative estimate of drug-likeness (QED) is 0.272. The van der Waals surface area contributed by atoms with Crippen LogP contribution in [0.15, 0.2) is 28.4 Å². The van der Waals surface area contributed by atoms with E-state index < -0.39 is 5.97 Å². The summed E-state index contributed by atoms with van der Waals surface area (Å²) in [6.45, 7) is 3.44. The number of benzene rings is 1. The third-order valence-corrected chi connectivity index (χ3v) is 2.93. The average molecular weight is 367 g/mol. The van der Waals surface area contributed by atoms with Gasteiger partial charge in [0.15, 0.2) is 10.8 Å². The summed E-state index contributed by atoms with van der Waals surface area (Å²) < 4.78 is 15.4. The number of nitrogens with zero attached hydrogens (tertiary/aromatic N) is 2. The van der Waals surface area contributed by atoms with E-state index in [9.17, 15) is 4.79 Å². The van der Waals surface area contributed by atoms with E-state index in [0.29, 0.717) is 17.2 Å². The normalized spacial score (nSPS) is 11.5. The highest BCUT2D eigenvalue weighted by Gasteiger charge is 2.17. The Labute approximate surface area is 151 Å². The van der Waals surface area contributed by atoms with Crippen LogP contribution in [0.1, 0.15) is 13.8 Å². The molecule has 4 N–H and O–H groups in total. The van der Waals surface area contributed by atoms with Crippen LogP contribution in [0.4, 0.5) is 5.69 Å². The van der Waals surface area contributed by atoms with Gasteiger partial charge >= 0.3 is 5.97 Å². The van der Waals surface area contributed by atoms with Gasteiger partial charge in [-0.25, -0.2) is 4.79 Å². The van der Waals surface area contributed by atoms with Gasteiger partial charge in [0.25, 0.3) is 0 Å². The molecule has 1 rings (SSSR count). The number of hydrogen-bond donors (Lipinski definition) is 3. The largest absolute Gasteiger partial charge is 0.497 e. The predicted octanol–water partition coefficient (Wildman–Crippen LogP) is 1.24. The van der Waals surface area contributed by atoms with Gasteiger partial charge in [0.05, 0.1) is 26.5 Å². The molecule has 136 valence electrons. The number of esters is 1. The second kappa shape index (κ2) is 10.1. The first-order valence-corrected chi connectivity index (χ1v) is 7.66. The van der Waals surface area contributed by atoms with Crippen molar-refractivity contribution < 1.29 is 19.0 Å². The molecule has 10 heteroatoms. The molecule has 25 heavy (non-hydrogen) atoms. The fraction of sp³-hybridized carbons (Fsp3) is 0.333. The number of carbonyl (C=O) groups excluding carboxylic acids is 1. The van der Waals surface area contributed by atoms with Crippen molar-refractivity contribution in [2.75, 3.05) is 26.3 Å². The molecule has 9 nitrogen and oxygen atoms in total. The number of methoxy groups -OCH3 is 2. The molecule has 0 bridgehead atoms. The molecule has 0 heterocycles. The molecule has 0 radical (unpaired) electrons. The fourth-order valence-corrected chi connectivity index (χ4v) is 1.73. The highest BCUT2D eigenvalue weighted by molar-refractivity contribution is 7.80. The lowest BCUT2D eigenvalue weighted by atomic mass is 10.2. The van der Waals surface area contributed by atoms with Gasteiger partial charge in [-0.1, -0.05) is 0 Å². The van der Waals surface area contributed by atoms with Gasteiger partial charge < -0.3 is 19.9 Å². The second-order valence-electron chi connectivity index (χ2n) is 4.53. The van der Waals surface area contributed by atoms with E-state index in [0.717, 1.165) is 0 Å². The van der Waals surface area contributed by atoms with Crippen molar-refractivity contribution in [3.63, 3.8) is 0 Å². The van der Waals surface area contributed by atoms with Gasteiger partial charge in [0, 0.05) is 6.07 Å². The number of ether oxygens (including phenoxy) is 3. The zero-order valence-electron chi connectivity index (χ0n) is 14.5. The van der Waals surface area contributed by atoms with Crippen LogP contribution in [0.25, 0.3) is 0 Å². The van der Waals surface area contributed by atoms with Crippen molar-refractivity contribution in [2.45, 2.75) is 13.8 Å². The van der Waals surface area contributed by atoms with Crippen molar-refractivity contribution in [2.24, 2.45) is 15.9 Å². The Kier molecular flexibility index (Phi) is 8.13. The van der Waals surface area contributed by atoms with Crippen LogP contribution in [0.2, 0.25) is 0 Å². The Hall–Kier alpha value is -2.88. The van der Waals surface area contributed by atoms with Gasteiger partial charge in [-0.05, 0) is 38.2 Å². The second-order valence-corrected chi connectivity index (χ2v) is 4.97. The Bertz CT molecular complexity index is 690. The molecule has 0 saturated heterocycles. The molecule has 0 saturated carbocycles. The Morgan fingerprint density at radius 3 is 2.56 bits per heavy atom. The summed E-state index contributed by atoms with van der Waals surface area (Å²) in [6, 6.07) is 5.11. The fourth-order valence-electron chi connectivity index (χ4n) is 1.68. The summed E-state index contributed by atoms with van der Waals surface area (Å²) >= 11 is 4.68. The maximum Gasteiger partial charge on any atom is 0.360 e. The molecule has 0 spiro atoms. The van der Waals surface area contributed by atoms with Crippen molar-refractivity contribution in [1.82, 2.24) is 5.43 Å². The minimum atomic E-state index is -0.650. The zero-order valence-corrected chi connectivity index (χ0v) is 15.3. The Morgan fingerprint density at radius 2 is 2.00 bits per heavy atom. The van der Waals surface area contributed by atoms with Crippen molar-refractivity contribution in [1.29, 1.82) is 0 Å². The van der Waals surface area contributed by atoms with Crippen molar-refractivity contribution >= 4 is 40.4 Å². The molecule has 1 aromatic carbocycles. The minimum Gasteiger partial charge on any atom is -0.497 e. The molecule has 0 aromatic heterocycles. The number of hydrazone groups is 2.